The first kappa shape index (κ1) is 25.2. The van der Waals surface area contributed by atoms with E-state index in [2.05, 4.69) is 4.90 Å². The molecule has 1 unspecified atom stereocenters. The van der Waals surface area contributed by atoms with Crippen molar-refractivity contribution < 1.29 is 37.7 Å². The van der Waals surface area contributed by atoms with E-state index in [1.807, 2.05) is 0 Å². The molecule has 10 nitrogen and oxygen atoms in total. The van der Waals surface area contributed by atoms with Gasteiger partial charge in [-0.3, -0.25) is 13.9 Å². The van der Waals surface area contributed by atoms with Gasteiger partial charge in [0.1, 0.15) is 24.5 Å². The Labute approximate surface area is 184 Å². The van der Waals surface area contributed by atoms with E-state index < -0.39 is 35.4 Å². The molecular weight excluding hydrogens is 428 g/mol. The minimum absolute atomic E-state index is 0.00979. The van der Waals surface area contributed by atoms with Crippen molar-refractivity contribution in [3.8, 4) is 5.75 Å². The quantitative estimate of drug-likeness (QED) is 0.404. The number of rotatable bonds is 10. The van der Waals surface area contributed by atoms with E-state index in [-0.39, 0.29) is 12.1 Å². The summed E-state index contributed by atoms with van der Waals surface area (Å²) in [6.45, 7) is 8.22. The molecule has 1 fully saturated rings. The summed E-state index contributed by atoms with van der Waals surface area (Å²) >= 11 is -2.73. The van der Waals surface area contributed by atoms with Crippen molar-refractivity contribution in [2.24, 2.45) is 0 Å². The summed E-state index contributed by atoms with van der Waals surface area (Å²) in [7, 11) is 0. The van der Waals surface area contributed by atoms with E-state index in [1.54, 1.807) is 20.8 Å². The van der Waals surface area contributed by atoms with Crippen LogP contribution in [0.2, 0.25) is 0 Å². The second kappa shape index (κ2) is 11.5. The van der Waals surface area contributed by atoms with Crippen LogP contribution >= 0.6 is 0 Å². The molecule has 0 bridgehead atoms. The number of carboxylic acid groups (broad SMARTS) is 1. The standard InChI is InChI=1S/C20H30N2O8S/c1-20(2,3)30-18(23)14-22(31(26)27)13-16-12-15(19(24)25)4-5-17(16)29-11-8-21-6-9-28-10-7-21/h4-5,12H,6-11,13-14H2,1-3H3,(H,24,25)(H,26,27)/p-1. The lowest BCUT2D eigenvalue weighted by Gasteiger charge is -2.28. The molecule has 1 atom stereocenters. The highest BCUT2D eigenvalue weighted by Crippen LogP contribution is 2.23. The van der Waals surface area contributed by atoms with Crippen molar-refractivity contribution in [3.63, 3.8) is 0 Å². The molecule has 1 aliphatic rings. The normalized spacial score (nSPS) is 16.2. The van der Waals surface area contributed by atoms with Gasteiger partial charge in [-0.15, -0.1) is 0 Å². The number of nitrogens with zero attached hydrogens (tertiary/aromatic N) is 2. The minimum Gasteiger partial charge on any atom is -0.760 e. The SMILES string of the molecule is CC(C)(C)OC(=O)CN(Cc1cc(C(=O)O)ccc1OCCN1CCOCC1)S(=O)[O-]. The van der Waals surface area contributed by atoms with Gasteiger partial charge in [-0.1, -0.05) is 0 Å². The molecule has 2 rings (SSSR count). The van der Waals surface area contributed by atoms with Crippen LogP contribution in [0.3, 0.4) is 0 Å². The zero-order valence-corrected chi connectivity index (χ0v) is 18.8. The van der Waals surface area contributed by atoms with E-state index in [0.29, 0.717) is 37.7 Å². The van der Waals surface area contributed by atoms with Crippen LogP contribution in [0, 0.1) is 0 Å². The van der Waals surface area contributed by atoms with Gasteiger partial charge in [0.25, 0.3) is 0 Å². The molecule has 0 aromatic heterocycles. The van der Waals surface area contributed by atoms with E-state index in [9.17, 15) is 23.5 Å². The van der Waals surface area contributed by atoms with Crippen LogP contribution < -0.4 is 4.74 Å². The lowest BCUT2D eigenvalue weighted by molar-refractivity contribution is -0.155. The van der Waals surface area contributed by atoms with Gasteiger partial charge in [0.05, 0.1) is 18.8 Å². The fourth-order valence-corrected chi connectivity index (χ4v) is 3.41. The number of carbonyl (C=O) groups excluding carboxylic acids is 1. The van der Waals surface area contributed by atoms with Crippen molar-refractivity contribution in [2.75, 3.05) is 46.0 Å². The van der Waals surface area contributed by atoms with Gasteiger partial charge in [-0.05, 0) is 39.0 Å². The molecule has 1 saturated heterocycles. The summed E-state index contributed by atoms with van der Waals surface area (Å²) in [6, 6.07) is 4.24. The molecule has 174 valence electrons. The first-order chi connectivity index (χ1) is 14.5. The Morgan fingerprint density at radius 1 is 1.29 bits per heavy atom. The molecule has 0 amide bonds. The molecule has 0 aliphatic carbocycles. The van der Waals surface area contributed by atoms with Crippen LogP contribution in [-0.4, -0.2) is 86.6 Å². The van der Waals surface area contributed by atoms with Crippen molar-refractivity contribution in [1.82, 2.24) is 9.21 Å². The van der Waals surface area contributed by atoms with Gasteiger partial charge in [-0.2, -0.15) is 0 Å². The number of carboxylic acids is 1. The third-order valence-corrected chi connectivity index (χ3v) is 5.04. The number of morpholine rings is 1. The third-order valence-electron chi connectivity index (χ3n) is 4.36. The first-order valence-corrected chi connectivity index (χ1v) is 10.9. The Kier molecular flexibility index (Phi) is 9.38. The lowest BCUT2D eigenvalue weighted by atomic mass is 10.1. The maximum Gasteiger partial charge on any atom is 0.335 e. The lowest BCUT2D eigenvalue weighted by Crippen LogP contribution is -2.38. The monoisotopic (exact) mass is 457 g/mol. The van der Waals surface area contributed by atoms with Gasteiger partial charge < -0.3 is 23.9 Å². The Hall–Kier alpha value is -2.05. The van der Waals surface area contributed by atoms with E-state index in [1.165, 1.54) is 18.2 Å². The molecule has 0 spiro atoms. The van der Waals surface area contributed by atoms with Gasteiger partial charge >= 0.3 is 11.9 Å². The number of carbonyl (C=O) groups is 2. The molecule has 1 N–H and O–H groups in total. The summed E-state index contributed by atoms with van der Waals surface area (Å²) in [5.41, 5.74) is -0.427. The molecule has 0 saturated carbocycles. The van der Waals surface area contributed by atoms with E-state index >= 15 is 0 Å². The number of aromatic carboxylic acids is 1. The zero-order valence-electron chi connectivity index (χ0n) is 18.0. The number of esters is 1. The van der Waals surface area contributed by atoms with Crippen LogP contribution in [0.1, 0.15) is 36.7 Å². The van der Waals surface area contributed by atoms with Gasteiger partial charge in [0.15, 0.2) is 0 Å². The number of hydrogen-bond acceptors (Lipinski definition) is 8. The maximum atomic E-state index is 12.1. The van der Waals surface area contributed by atoms with Crippen LogP contribution in [0.4, 0.5) is 0 Å². The summed E-state index contributed by atoms with van der Waals surface area (Å²) in [6.07, 6.45) is 0. The van der Waals surface area contributed by atoms with Crippen molar-refractivity contribution >= 4 is 23.2 Å². The third kappa shape index (κ3) is 8.91. The Morgan fingerprint density at radius 2 is 1.97 bits per heavy atom. The first-order valence-electron chi connectivity index (χ1n) is 9.90. The predicted molar refractivity (Wildman–Crippen MR) is 111 cm³/mol. The largest absolute Gasteiger partial charge is 0.760 e. The Bertz CT molecular complexity index is 790. The average molecular weight is 458 g/mol. The van der Waals surface area contributed by atoms with Crippen molar-refractivity contribution in [2.45, 2.75) is 32.9 Å². The fraction of sp³-hybridized carbons (Fsp3) is 0.600. The van der Waals surface area contributed by atoms with Gasteiger partial charge in [0.2, 0.25) is 0 Å². The molecule has 1 aliphatic heterocycles. The topological polar surface area (TPSA) is 129 Å². The predicted octanol–water partition coefficient (Wildman–Crippen LogP) is 1.03. The number of hydrogen-bond donors (Lipinski definition) is 1. The summed E-state index contributed by atoms with van der Waals surface area (Å²) < 4.78 is 40.6. The van der Waals surface area contributed by atoms with Crippen LogP contribution in [0.25, 0.3) is 0 Å². The highest BCUT2D eigenvalue weighted by Gasteiger charge is 2.21. The average Bonchev–Trinajstić information content (AvgIpc) is 2.67. The molecule has 0 radical (unpaired) electrons. The van der Waals surface area contributed by atoms with Crippen molar-refractivity contribution in [3.05, 3.63) is 29.3 Å². The molecular formula is C20H29N2O8S-. The number of ether oxygens (including phenoxy) is 3. The van der Waals surface area contributed by atoms with Crippen LogP contribution in [0.15, 0.2) is 18.2 Å². The minimum atomic E-state index is -2.73. The fourth-order valence-electron chi connectivity index (χ4n) is 2.96. The van der Waals surface area contributed by atoms with Crippen LogP contribution in [0.5, 0.6) is 5.75 Å². The summed E-state index contributed by atoms with van der Waals surface area (Å²) in [4.78, 5) is 25.6. The molecule has 11 heteroatoms. The van der Waals surface area contributed by atoms with Crippen molar-refractivity contribution in [1.29, 1.82) is 0 Å². The van der Waals surface area contributed by atoms with Gasteiger partial charge in [0, 0.05) is 43.0 Å². The summed E-state index contributed by atoms with van der Waals surface area (Å²) in [5.74, 6) is -1.50. The zero-order chi connectivity index (χ0) is 23.0. The summed E-state index contributed by atoms with van der Waals surface area (Å²) in [5, 5.41) is 9.29. The Balaban J connectivity index is 2.12. The molecule has 1 aromatic rings. The highest BCUT2D eigenvalue weighted by molar-refractivity contribution is 7.76. The van der Waals surface area contributed by atoms with E-state index in [4.69, 9.17) is 14.2 Å². The molecule has 1 aromatic carbocycles. The Morgan fingerprint density at radius 3 is 2.55 bits per heavy atom. The number of benzene rings is 1. The van der Waals surface area contributed by atoms with Crippen LogP contribution in [-0.2, 0) is 32.1 Å². The highest BCUT2D eigenvalue weighted by atomic mass is 32.2. The van der Waals surface area contributed by atoms with Gasteiger partial charge in [-0.25, -0.2) is 9.10 Å². The maximum absolute atomic E-state index is 12.1. The molecule has 31 heavy (non-hydrogen) atoms. The second-order valence-electron chi connectivity index (χ2n) is 8.03. The van der Waals surface area contributed by atoms with E-state index in [0.717, 1.165) is 17.4 Å². The second-order valence-corrected chi connectivity index (χ2v) is 8.98. The smallest absolute Gasteiger partial charge is 0.335 e. The molecule has 1 heterocycles.